The molecule has 8 rings (SSSR count). The fourth-order valence-corrected chi connectivity index (χ4v) is 10.5. The quantitative estimate of drug-likeness (QED) is 0.0599. The van der Waals surface area contributed by atoms with Gasteiger partial charge in [0.05, 0.1) is 13.2 Å². The number of hydrogen-bond donors (Lipinski definition) is 6. The highest BCUT2D eigenvalue weighted by Crippen LogP contribution is 2.28. The van der Waals surface area contributed by atoms with Crippen LogP contribution >= 0.6 is 0 Å². The van der Waals surface area contributed by atoms with Crippen molar-refractivity contribution in [3.8, 4) is 0 Å². The van der Waals surface area contributed by atoms with E-state index in [0.29, 0.717) is 43.4 Å². The molecule has 4 saturated heterocycles. The van der Waals surface area contributed by atoms with Crippen molar-refractivity contribution in [3.63, 3.8) is 0 Å². The SMILES string of the molecule is CCCN1CCN(c2nc(N)nc(N3CCN(CCO)CC3)n2)CC1.CCCN1CCN(c2nc(Nc3ccc(/C=C/c4ccccc4S(=O)(=O)O)c(S(=O)(=O)O)c3)nc(N3CCN(CCO)CC3)n2)CC1. The third-order valence-corrected chi connectivity index (χ3v) is 14.8. The van der Waals surface area contributed by atoms with E-state index in [1.165, 1.54) is 48.9 Å². The maximum Gasteiger partial charge on any atom is 0.295 e. The maximum atomic E-state index is 12.4. The Hall–Kier alpha value is -5.42. The molecule has 0 bridgehead atoms. The van der Waals surface area contributed by atoms with Gasteiger partial charge < -0.3 is 40.9 Å². The number of benzene rings is 2. The maximum absolute atomic E-state index is 12.4. The lowest BCUT2D eigenvalue weighted by Gasteiger charge is -2.36. The number of nitrogens with two attached hydrogens (primary N) is 1. The molecule has 0 aliphatic carbocycles. The number of aromatic nitrogens is 6. The van der Waals surface area contributed by atoms with Gasteiger partial charge in [0.1, 0.15) is 9.79 Å². The van der Waals surface area contributed by atoms with Gasteiger partial charge in [-0.05, 0) is 55.3 Å². The van der Waals surface area contributed by atoms with Crippen molar-refractivity contribution in [2.24, 2.45) is 0 Å². The first kappa shape index (κ1) is 54.4. The monoisotopic (exact) mass is 1040 g/mol. The average molecular weight is 1040 g/mol. The number of nitrogens with zero attached hydrogens (tertiary/aromatic N) is 14. The number of piperazine rings is 4. The Morgan fingerprint density at radius 2 is 0.889 bits per heavy atom. The van der Waals surface area contributed by atoms with E-state index in [1.807, 2.05) is 0 Å². The first-order valence-corrected chi connectivity index (χ1v) is 27.5. The van der Waals surface area contributed by atoms with Crippen molar-refractivity contribution < 1.29 is 36.2 Å². The van der Waals surface area contributed by atoms with Crippen LogP contribution in [0.15, 0.2) is 52.3 Å². The minimum absolute atomic E-state index is 0.0888. The minimum atomic E-state index is -4.72. The molecule has 0 radical (unpaired) electrons. The van der Waals surface area contributed by atoms with E-state index >= 15 is 0 Å². The lowest BCUT2D eigenvalue weighted by molar-refractivity contribution is 0.188. The first-order valence-electron chi connectivity index (χ1n) is 24.7. The van der Waals surface area contributed by atoms with Crippen LogP contribution in [0.1, 0.15) is 37.8 Å². The Labute approximate surface area is 422 Å². The Morgan fingerprint density at radius 3 is 1.28 bits per heavy atom. The molecule has 4 aliphatic rings. The number of rotatable bonds is 18. The lowest BCUT2D eigenvalue weighted by atomic mass is 10.1. The molecule has 2 aromatic heterocycles. The van der Waals surface area contributed by atoms with Crippen LogP contribution in [0.2, 0.25) is 0 Å². The molecule has 4 aliphatic heterocycles. The van der Waals surface area contributed by atoms with Gasteiger partial charge in [-0.3, -0.25) is 28.7 Å². The molecule has 72 heavy (non-hydrogen) atoms. The second kappa shape index (κ2) is 25.5. The fourth-order valence-electron chi connectivity index (χ4n) is 9.08. The van der Waals surface area contributed by atoms with Crippen molar-refractivity contribution in [3.05, 3.63) is 53.6 Å². The van der Waals surface area contributed by atoms with Gasteiger partial charge in [0.15, 0.2) is 0 Å². The van der Waals surface area contributed by atoms with Crippen LogP contribution < -0.4 is 30.7 Å². The van der Waals surface area contributed by atoms with E-state index in [-0.39, 0.29) is 46.8 Å². The molecular weight excluding hydrogens is 969 g/mol. The normalized spacial score (nSPS) is 18.1. The summed E-state index contributed by atoms with van der Waals surface area (Å²) in [5.74, 6) is 2.82. The fraction of sp³-hybridized carbons (Fsp3) is 0.565. The van der Waals surface area contributed by atoms with Gasteiger partial charge >= 0.3 is 0 Å². The number of hydrogen-bond acceptors (Lipinski definition) is 22. The van der Waals surface area contributed by atoms with Crippen LogP contribution in [0.4, 0.5) is 41.4 Å². The molecule has 7 N–H and O–H groups in total. The van der Waals surface area contributed by atoms with Crippen LogP contribution in [0.25, 0.3) is 12.2 Å². The zero-order valence-corrected chi connectivity index (χ0v) is 42.9. The Kier molecular flexibility index (Phi) is 19.2. The molecule has 26 heteroatoms. The molecule has 0 atom stereocenters. The number of anilines is 7. The summed E-state index contributed by atoms with van der Waals surface area (Å²) in [4.78, 5) is 44.6. The molecule has 4 aromatic rings. The number of aliphatic hydroxyl groups is 2. The number of nitrogens with one attached hydrogen (secondary N) is 1. The second-order valence-corrected chi connectivity index (χ2v) is 20.8. The summed E-state index contributed by atoms with van der Waals surface area (Å²) in [5, 5.41) is 21.5. The predicted molar refractivity (Wildman–Crippen MR) is 278 cm³/mol. The zero-order valence-electron chi connectivity index (χ0n) is 41.2. The van der Waals surface area contributed by atoms with Crippen LogP contribution in [0, 0.1) is 0 Å². The van der Waals surface area contributed by atoms with Gasteiger partial charge in [-0.2, -0.15) is 46.7 Å². The molecule has 2 aromatic carbocycles. The van der Waals surface area contributed by atoms with Crippen molar-refractivity contribution in [1.29, 1.82) is 0 Å². The summed E-state index contributed by atoms with van der Waals surface area (Å²) in [5.41, 5.74) is 6.47. The molecule has 394 valence electrons. The summed E-state index contributed by atoms with van der Waals surface area (Å²) in [6, 6.07) is 9.98. The standard InChI is InChI=1S/C30H40N8O7S2.C16H30N8O/c1-2-11-35-12-16-37(17-13-35)29-32-28(33-30(34-29)38-18-14-36(15-19-38)20-21-39)31-25-10-9-24(27(22-25)47(43,44)45)8-7-23-5-3-4-6-26(23)46(40,41)42;1-2-3-21-4-8-23(9-5-21)15-18-14(17)19-16(20-15)24-10-6-22(7-11-24)12-13-25/h3-10,22,39H,2,11-21H2,1H3,(H,40,41,42)(H,43,44,45)(H,31,32,33,34);25H,2-13H2,1H3,(H2,17,18,19,20)/b8-7+;. The van der Waals surface area contributed by atoms with Crippen molar-refractivity contribution in [1.82, 2.24) is 49.5 Å². The molecule has 0 saturated carbocycles. The Balaban J connectivity index is 0.000000255. The van der Waals surface area contributed by atoms with Gasteiger partial charge in [-0.25, -0.2) is 0 Å². The largest absolute Gasteiger partial charge is 0.395 e. The highest BCUT2D eigenvalue weighted by atomic mass is 32.2. The van der Waals surface area contributed by atoms with Crippen molar-refractivity contribution >= 4 is 73.8 Å². The third-order valence-electron chi connectivity index (χ3n) is 13.0. The smallest absolute Gasteiger partial charge is 0.295 e. The van der Waals surface area contributed by atoms with E-state index in [2.05, 4.69) is 83.3 Å². The van der Waals surface area contributed by atoms with E-state index in [1.54, 1.807) is 12.1 Å². The van der Waals surface area contributed by atoms with E-state index in [9.17, 15) is 31.0 Å². The second-order valence-electron chi connectivity index (χ2n) is 18.0. The van der Waals surface area contributed by atoms with Crippen LogP contribution in [0.3, 0.4) is 0 Å². The molecule has 24 nitrogen and oxygen atoms in total. The molecule has 0 amide bonds. The first-order chi connectivity index (χ1) is 34.6. The van der Waals surface area contributed by atoms with Gasteiger partial charge in [-0.1, -0.05) is 50.3 Å². The van der Waals surface area contributed by atoms with Gasteiger partial charge in [-0.15, -0.1) is 0 Å². The molecule has 0 spiro atoms. The summed E-state index contributed by atoms with van der Waals surface area (Å²) in [7, 11) is -9.24. The van der Waals surface area contributed by atoms with E-state index in [4.69, 9.17) is 15.8 Å². The van der Waals surface area contributed by atoms with Crippen LogP contribution in [0.5, 0.6) is 0 Å². The average Bonchev–Trinajstić information content (AvgIpc) is 3.37. The van der Waals surface area contributed by atoms with E-state index in [0.717, 1.165) is 118 Å². The minimum Gasteiger partial charge on any atom is -0.395 e. The number of β-amino-alcohol motifs (C(OH)–C–C–N with tert-alkyl or cyclic N) is 2. The highest BCUT2D eigenvalue weighted by molar-refractivity contribution is 7.86. The summed E-state index contributed by atoms with van der Waals surface area (Å²) >= 11 is 0. The third kappa shape index (κ3) is 15.1. The lowest BCUT2D eigenvalue weighted by Crippen LogP contribution is -2.49. The zero-order chi connectivity index (χ0) is 51.3. The molecular formula is C46H70N16O8S2. The number of nitrogen functional groups attached to an aromatic ring is 1. The number of aliphatic hydroxyl groups excluding tert-OH is 2. The van der Waals surface area contributed by atoms with Crippen molar-refractivity contribution in [2.45, 2.75) is 36.5 Å². The van der Waals surface area contributed by atoms with Gasteiger partial charge in [0, 0.05) is 123 Å². The molecule has 6 heterocycles. The Bertz CT molecular complexity index is 2550. The van der Waals surface area contributed by atoms with Crippen LogP contribution in [-0.2, 0) is 20.2 Å². The highest BCUT2D eigenvalue weighted by Gasteiger charge is 2.26. The van der Waals surface area contributed by atoms with Gasteiger partial charge in [0.25, 0.3) is 20.2 Å². The summed E-state index contributed by atoms with van der Waals surface area (Å²) in [6.07, 6.45) is 4.94. The Morgan fingerprint density at radius 1 is 0.514 bits per heavy atom. The van der Waals surface area contributed by atoms with Crippen molar-refractivity contribution in [2.75, 3.05) is 175 Å². The van der Waals surface area contributed by atoms with Crippen LogP contribution in [-0.4, -0.2) is 230 Å². The molecule has 0 unspecified atom stereocenters. The topological polar surface area (TPSA) is 291 Å². The summed E-state index contributed by atoms with van der Waals surface area (Å²) in [6.45, 7) is 21.6. The molecule has 4 fully saturated rings. The van der Waals surface area contributed by atoms with Gasteiger partial charge in [0.2, 0.25) is 35.7 Å². The predicted octanol–water partition coefficient (Wildman–Crippen LogP) is 1.03. The summed E-state index contributed by atoms with van der Waals surface area (Å²) < 4.78 is 68.1. The van der Waals surface area contributed by atoms with E-state index < -0.39 is 25.1 Å².